The molecule has 32 heavy (non-hydrogen) atoms. The van der Waals surface area contributed by atoms with Gasteiger partial charge in [0.05, 0.1) is 40.0 Å². The Bertz CT molecular complexity index is 1310. The van der Waals surface area contributed by atoms with Crippen LogP contribution in [0.15, 0.2) is 41.4 Å². The molecule has 0 bridgehead atoms. The molecule has 0 spiro atoms. The second kappa shape index (κ2) is 9.52. The Morgan fingerprint density at radius 1 is 1.22 bits per heavy atom. The van der Waals surface area contributed by atoms with Gasteiger partial charge in [0.1, 0.15) is 6.54 Å². The maximum atomic E-state index is 12.9. The summed E-state index contributed by atoms with van der Waals surface area (Å²) in [4.78, 5) is 51.8. The van der Waals surface area contributed by atoms with Crippen LogP contribution in [0.5, 0.6) is 0 Å². The van der Waals surface area contributed by atoms with Crippen LogP contribution in [0, 0.1) is 17.0 Å². The molecule has 1 amide bonds. The van der Waals surface area contributed by atoms with Crippen LogP contribution in [0.1, 0.15) is 33.2 Å². The molecule has 0 aliphatic heterocycles. The van der Waals surface area contributed by atoms with E-state index in [0.717, 1.165) is 11.3 Å². The summed E-state index contributed by atoms with van der Waals surface area (Å²) in [5.41, 5.74) is 0.961. The van der Waals surface area contributed by atoms with E-state index in [4.69, 9.17) is 9.47 Å². The Morgan fingerprint density at radius 2 is 1.97 bits per heavy atom. The van der Waals surface area contributed by atoms with Crippen LogP contribution >= 0.6 is 11.3 Å². The lowest BCUT2D eigenvalue weighted by Crippen LogP contribution is -2.22. The first kappa shape index (κ1) is 22.8. The fourth-order valence-electron chi connectivity index (χ4n) is 3.05. The fourth-order valence-corrected chi connectivity index (χ4v) is 4.11. The van der Waals surface area contributed by atoms with Crippen molar-refractivity contribution in [3.05, 3.63) is 68.0 Å². The summed E-state index contributed by atoms with van der Waals surface area (Å²) in [6.07, 6.45) is 0. The minimum atomic E-state index is -0.693. The Balaban J connectivity index is 2.16. The van der Waals surface area contributed by atoms with Crippen molar-refractivity contribution in [2.75, 3.05) is 13.7 Å². The maximum Gasteiger partial charge on any atom is 0.338 e. The standard InChI is InChI=1S/C21H19N3O7S/c1-4-31-20(27)13-8-9-16-17(10-13)32-21(23(16)11-18(25)30-3)22-19(26)14-6-5-7-15(12(14)2)24(28)29/h5-10H,4,11H2,1-3H3. The molecular weight excluding hydrogens is 438 g/mol. The molecule has 10 nitrogen and oxygen atoms in total. The van der Waals surface area contributed by atoms with Crippen LogP contribution in [0.25, 0.3) is 10.2 Å². The number of nitrogens with zero attached hydrogens (tertiary/aromatic N) is 3. The molecular formula is C21H19N3O7S. The van der Waals surface area contributed by atoms with E-state index in [1.54, 1.807) is 25.1 Å². The molecule has 166 valence electrons. The lowest BCUT2D eigenvalue weighted by molar-refractivity contribution is -0.385. The number of carbonyl (C=O) groups excluding carboxylic acids is 3. The normalized spacial score (nSPS) is 11.4. The molecule has 0 atom stereocenters. The van der Waals surface area contributed by atoms with E-state index >= 15 is 0 Å². The Labute approximate surface area is 185 Å². The highest BCUT2D eigenvalue weighted by molar-refractivity contribution is 7.16. The topological polar surface area (TPSA) is 130 Å². The molecule has 0 N–H and O–H groups in total. The average molecular weight is 457 g/mol. The third-order valence-electron chi connectivity index (χ3n) is 4.64. The van der Waals surface area contributed by atoms with Gasteiger partial charge >= 0.3 is 11.9 Å². The number of aromatic nitrogens is 1. The van der Waals surface area contributed by atoms with E-state index in [-0.39, 0.29) is 34.8 Å². The minimum absolute atomic E-state index is 0.0773. The van der Waals surface area contributed by atoms with E-state index in [2.05, 4.69) is 4.99 Å². The van der Waals surface area contributed by atoms with Crippen LogP contribution in [0.4, 0.5) is 5.69 Å². The van der Waals surface area contributed by atoms with Gasteiger partial charge in [0.15, 0.2) is 4.80 Å². The van der Waals surface area contributed by atoms with E-state index in [1.165, 1.54) is 36.8 Å². The number of esters is 2. The van der Waals surface area contributed by atoms with E-state index < -0.39 is 22.8 Å². The van der Waals surface area contributed by atoms with Crippen LogP contribution in [-0.2, 0) is 20.8 Å². The van der Waals surface area contributed by atoms with Crippen molar-refractivity contribution in [3.63, 3.8) is 0 Å². The Morgan fingerprint density at radius 3 is 2.62 bits per heavy atom. The minimum Gasteiger partial charge on any atom is -0.468 e. The first-order valence-electron chi connectivity index (χ1n) is 9.47. The lowest BCUT2D eigenvalue weighted by Gasteiger charge is -2.05. The van der Waals surface area contributed by atoms with Gasteiger partial charge in [-0.15, -0.1) is 0 Å². The van der Waals surface area contributed by atoms with Gasteiger partial charge < -0.3 is 14.0 Å². The average Bonchev–Trinajstić information content (AvgIpc) is 3.09. The molecule has 3 rings (SSSR count). The number of hydrogen-bond acceptors (Lipinski definition) is 8. The second-order valence-electron chi connectivity index (χ2n) is 6.57. The quantitative estimate of drug-likeness (QED) is 0.316. The third-order valence-corrected chi connectivity index (χ3v) is 5.68. The fraction of sp³-hybridized carbons (Fsp3) is 0.238. The Kier molecular flexibility index (Phi) is 6.79. The highest BCUT2D eigenvalue weighted by Gasteiger charge is 2.19. The number of methoxy groups -OCH3 is 1. The smallest absolute Gasteiger partial charge is 0.338 e. The SMILES string of the molecule is CCOC(=O)c1ccc2c(c1)sc(=NC(=O)c1cccc([N+](=O)[O-])c1C)n2CC(=O)OC. The van der Waals surface area contributed by atoms with Crippen molar-refractivity contribution in [3.8, 4) is 0 Å². The number of thiazole rings is 1. The van der Waals surface area contributed by atoms with Crippen LogP contribution in [-0.4, -0.2) is 41.1 Å². The summed E-state index contributed by atoms with van der Waals surface area (Å²) < 4.78 is 11.8. The van der Waals surface area contributed by atoms with E-state index in [9.17, 15) is 24.5 Å². The zero-order valence-corrected chi connectivity index (χ0v) is 18.3. The number of amides is 1. The van der Waals surface area contributed by atoms with Gasteiger partial charge in [-0.05, 0) is 38.1 Å². The summed E-state index contributed by atoms with van der Waals surface area (Å²) in [5, 5.41) is 11.2. The van der Waals surface area contributed by atoms with Crippen molar-refractivity contribution in [1.82, 2.24) is 4.57 Å². The van der Waals surface area contributed by atoms with Crippen molar-refractivity contribution in [2.24, 2.45) is 4.99 Å². The number of nitro benzene ring substituents is 1. The summed E-state index contributed by atoms with van der Waals surface area (Å²) >= 11 is 1.09. The maximum absolute atomic E-state index is 12.9. The zero-order valence-electron chi connectivity index (χ0n) is 17.5. The molecule has 3 aromatic rings. The molecule has 11 heteroatoms. The molecule has 0 saturated heterocycles. The predicted octanol–water partition coefficient (Wildman–Crippen LogP) is 3.01. The number of hydrogen-bond donors (Lipinski definition) is 0. The van der Waals surface area contributed by atoms with Gasteiger partial charge in [-0.3, -0.25) is 19.7 Å². The largest absolute Gasteiger partial charge is 0.468 e. The Hall–Kier alpha value is -3.86. The summed E-state index contributed by atoms with van der Waals surface area (Å²) in [5.74, 6) is -1.74. The first-order valence-corrected chi connectivity index (χ1v) is 10.3. The molecule has 1 aromatic heterocycles. The monoisotopic (exact) mass is 457 g/mol. The highest BCUT2D eigenvalue weighted by Crippen LogP contribution is 2.23. The van der Waals surface area contributed by atoms with Crippen LogP contribution in [0.2, 0.25) is 0 Å². The van der Waals surface area contributed by atoms with Gasteiger partial charge in [-0.1, -0.05) is 17.4 Å². The first-order chi connectivity index (χ1) is 15.3. The van der Waals surface area contributed by atoms with Gasteiger partial charge in [-0.25, -0.2) is 4.79 Å². The molecule has 0 aliphatic rings. The van der Waals surface area contributed by atoms with Crippen LogP contribution < -0.4 is 4.80 Å². The molecule has 0 radical (unpaired) electrons. The van der Waals surface area contributed by atoms with Crippen molar-refractivity contribution >= 4 is 45.1 Å². The lowest BCUT2D eigenvalue weighted by atomic mass is 10.1. The molecule has 2 aromatic carbocycles. The van der Waals surface area contributed by atoms with Crippen molar-refractivity contribution in [1.29, 1.82) is 0 Å². The van der Waals surface area contributed by atoms with E-state index in [0.29, 0.717) is 15.8 Å². The van der Waals surface area contributed by atoms with Crippen LogP contribution in [0.3, 0.4) is 0 Å². The predicted molar refractivity (Wildman–Crippen MR) is 116 cm³/mol. The van der Waals surface area contributed by atoms with Gasteiger partial charge in [0, 0.05) is 11.6 Å². The molecule has 1 heterocycles. The zero-order chi connectivity index (χ0) is 23.4. The van der Waals surface area contributed by atoms with Gasteiger partial charge in [0.25, 0.3) is 11.6 Å². The summed E-state index contributed by atoms with van der Waals surface area (Å²) in [6.45, 7) is 3.18. The summed E-state index contributed by atoms with van der Waals surface area (Å²) in [7, 11) is 1.24. The number of nitro groups is 1. The summed E-state index contributed by atoms with van der Waals surface area (Å²) in [6, 6.07) is 8.94. The molecule has 0 saturated carbocycles. The second-order valence-corrected chi connectivity index (χ2v) is 7.58. The number of benzene rings is 2. The van der Waals surface area contributed by atoms with Gasteiger partial charge in [0.2, 0.25) is 0 Å². The number of carbonyl (C=O) groups is 3. The molecule has 0 aliphatic carbocycles. The van der Waals surface area contributed by atoms with Crippen molar-refractivity contribution < 1.29 is 28.8 Å². The number of ether oxygens (including phenoxy) is 2. The van der Waals surface area contributed by atoms with Crippen molar-refractivity contribution in [2.45, 2.75) is 20.4 Å². The third kappa shape index (κ3) is 4.57. The van der Waals surface area contributed by atoms with Gasteiger partial charge in [-0.2, -0.15) is 4.99 Å². The molecule has 0 unspecified atom stereocenters. The highest BCUT2D eigenvalue weighted by atomic mass is 32.1. The number of rotatable bonds is 6. The molecule has 0 fully saturated rings. The number of fused-ring (bicyclic) bond motifs is 1. The van der Waals surface area contributed by atoms with E-state index in [1.807, 2.05) is 0 Å².